The number of methoxy groups -OCH3 is 2. The van der Waals surface area contributed by atoms with Crippen LogP contribution in [0.15, 0.2) is 72.3 Å². The van der Waals surface area contributed by atoms with Gasteiger partial charge in [-0.25, -0.2) is 0 Å². The number of aliphatic hydroxyl groups is 1. The van der Waals surface area contributed by atoms with Crippen LogP contribution < -0.4 is 14.4 Å². The predicted octanol–water partition coefficient (Wildman–Crippen LogP) is 5.29. The van der Waals surface area contributed by atoms with Gasteiger partial charge >= 0.3 is 0 Å². The maximum atomic E-state index is 13.2. The van der Waals surface area contributed by atoms with Crippen LogP contribution in [0.5, 0.6) is 11.5 Å². The highest BCUT2D eigenvalue weighted by Crippen LogP contribution is 2.44. The summed E-state index contributed by atoms with van der Waals surface area (Å²) in [6.45, 7) is 1.85. The molecule has 0 saturated carbocycles. The third-order valence-electron chi connectivity index (χ3n) is 5.65. The smallest absolute Gasteiger partial charge is 0.300 e. The summed E-state index contributed by atoms with van der Waals surface area (Å²) in [6, 6.07) is 18.0. The Balaban J connectivity index is 1.98. The van der Waals surface area contributed by atoms with Gasteiger partial charge in [0.15, 0.2) is 11.5 Å². The Hall–Kier alpha value is -3.77. The Morgan fingerprint density at radius 3 is 2.27 bits per heavy atom. The molecule has 168 valence electrons. The second-order valence-corrected chi connectivity index (χ2v) is 7.99. The summed E-state index contributed by atoms with van der Waals surface area (Å²) in [5.74, 6) is -0.864. The minimum Gasteiger partial charge on any atom is -0.507 e. The lowest BCUT2D eigenvalue weighted by molar-refractivity contribution is -0.132. The van der Waals surface area contributed by atoms with Crippen molar-refractivity contribution in [2.75, 3.05) is 19.1 Å². The molecule has 3 aromatic rings. The van der Waals surface area contributed by atoms with Crippen LogP contribution in [-0.2, 0) is 9.59 Å². The Morgan fingerprint density at radius 1 is 0.939 bits per heavy atom. The lowest BCUT2D eigenvalue weighted by atomic mass is 9.94. The molecule has 1 amide bonds. The summed E-state index contributed by atoms with van der Waals surface area (Å²) in [7, 11) is 3.02. The first-order valence-electron chi connectivity index (χ1n) is 10.2. The minimum atomic E-state index is -0.899. The van der Waals surface area contributed by atoms with Crippen molar-refractivity contribution in [2.45, 2.75) is 13.0 Å². The van der Waals surface area contributed by atoms with E-state index in [1.54, 1.807) is 66.7 Å². The number of hydrogen-bond donors (Lipinski definition) is 1. The van der Waals surface area contributed by atoms with Gasteiger partial charge in [0.25, 0.3) is 11.7 Å². The number of ether oxygens (including phenoxy) is 2. The molecule has 1 N–H and O–H groups in total. The number of hydrogen-bond acceptors (Lipinski definition) is 5. The van der Waals surface area contributed by atoms with Gasteiger partial charge in [-0.1, -0.05) is 54.1 Å². The lowest BCUT2D eigenvalue weighted by Gasteiger charge is -2.26. The number of anilines is 1. The van der Waals surface area contributed by atoms with Crippen LogP contribution >= 0.6 is 11.6 Å². The molecule has 3 aromatic carbocycles. The Morgan fingerprint density at radius 2 is 1.64 bits per heavy atom. The third-order valence-corrected chi connectivity index (χ3v) is 6.06. The number of ketones is 1. The van der Waals surface area contributed by atoms with E-state index in [0.717, 1.165) is 5.56 Å². The van der Waals surface area contributed by atoms with Gasteiger partial charge in [-0.2, -0.15) is 0 Å². The van der Waals surface area contributed by atoms with Gasteiger partial charge in [0.2, 0.25) is 0 Å². The number of nitrogens with zero attached hydrogens (tertiary/aromatic N) is 1. The molecule has 4 rings (SSSR count). The van der Waals surface area contributed by atoms with Crippen LogP contribution in [-0.4, -0.2) is 31.0 Å². The van der Waals surface area contributed by atoms with Gasteiger partial charge in [0.1, 0.15) is 5.76 Å². The number of carbonyl (C=O) groups excluding carboxylic acids is 2. The van der Waals surface area contributed by atoms with E-state index in [4.69, 9.17) is 21.1 Å². The third kappa shape index (κ3) is 3.94. The normalized spacial score (nSPS) is 17.3. The molecule has 1 aliphatic rings. The first kappa shape index (κ1) is 22.4. The molecular formula is C26H22ClNO5. The van der Waals surface area contributed by atoms with Crippen molar-refractivity contribution in [1.29, 1.82) is 0 Å². The number of aliphatic hydroxyl groups excluding tert-OH is 1. The highest BCUT2D eigenvalue weighted by atomic mass is 35.5. The topological polar surface area (TPSA) is 76.1 Å². The molecule has 33 heavy (non-hydrogen) atoms. The average Bonchev–Trinajstić information content (AvgIpc) is 3.10. The number of benzene rings is 3. The molecule has 1 aliphatic heterocycles. The summed E-state index contributed by atoms with van der Waals surface area (Å²) >= 11 is 6.33. The number of carbonyl (C=O) groups is 2. The molecule has 0 spiro atoms. The van der Waals surface area contributed by atoms with Crippen molar-refractivity contribution < 1.29 is 24.2 Å². The summed E-state index contributed by atoms with van der Waals surface area (Å²) < 4.78 is 10.8. The molecular weight excluding hydrogens is 442 g/mol. The fourth-order valence-corrected chi connectivity index (χ4v) is 4.10. The van der Waals surface area contributed by atoms with E-state index >= 15 is 0 Å². The second-order valence-electron chi connectivity index (χ2n) is 7.58. The Bertz CT molecular complexity index is 1270. The molecule has 1 heterocycles. The largest absolute Gasteiger partial charge is 0.507 e. The maximum Gasteiger partial charge on any atom is 0.300 e. The van der Waals surface area contributed by atoms with Crippen LogP contribution in [0.2, 0.25) is 5.02 Å². The van der Waals surface area contributed by atoms with E-state index < -0.39 is 17.7 Å². The SMILES string of the molecule is COc1ccc(C2/C(=C(/O)c3ccccc3)C(=O)C(=O)N2c2ccc(C)c(Cl)c2)cc1OC. The van der Waals surface area contributed by atoms with E-state index in [9.17, 15) is 14.7 Å². The standard InChI is InChI=1S/C26H22ClNO5/c1-15-9-11-18(14-19(15)27)28-23(17-10-12-20(32-2)21(13-17)33-3)22(25(30)26(28)31)24(29)16-7-5-4-6-8-16/h4-14,23,29H,1-3H3/b24-22-. The van der Waals surface area contributed by atoms with Crippen molar-refractivity contribution in [1.82, 2.24) is 0 Å². The van der Waals surface area contributed by atoms with Crippen LogP contribution in [0.1, 0.15) is 22.7 Å². The van der Waals surface area contributed by atoms with E-state index in [1.165, 1.54) is 19.1 Å². The maximum absolute atomic E-state index is 13.2. The summed E-state index contributed by atoms with van der Waals surface area (Å²) in [4.78, 5) is 27.8. The van der Waals surface area contributed by atoms with E-state index in [1.807, 2.05) is 6.92 Å². The summed E-state index contributed by atoms with van der Waals surface area (Å²) in [5, 5.41) is 11.6. The van der Waals surface area contributed by atoms with Gasteiger partial charge in [0.05, 0.1) is 25.8 Å². The molecule has 1 fully saturated rings. The number of amides is 1. The monoisotopic (exact) mass is 463 g/mol. The molecule has 0 radical (unpaired) electrons. The molecule has 0 bridgehead atoms. The zero-order valence-corrected chi connectivity index (χ0v) is 19.1. The Labute approximate surface area is 196 Å². The number of Topliss-reactive ketones (excluding diaryl/α,β-unsaturated/α-hetero) is 1. The van der Waals surface area contributed by atoms with Crippen molar-refractivity contribution in [2.24, 2.45) is 0 Å². The highest BCUT2D eigenvalue weighted by molar-refractivity contribution is 6.51. The zero-order chi connectivity index (χ0) is 23.7. The number of aryl methyl sites for hydroxylation is 1. The molecule has 7 heteroatoms. The van der Waals surface area contributed by atoms with Gasteiger partial charge in [0, 0.05) is 16.3 Å². The highest BCUT2D eigenvalue weighted by Gasteiger charge is 2.47. The van der Waals surface area contributed by atoms with Gasteiger partial charge < -0.3 is 14.6 Å². The van der Waals surface area contributed by atoms with Crippen LogP contribution in [0.25, 0.3) is 5.76 Å². The second kappa shape index (κ2) is 9.00. The quantitative estimate of drug-likeness (QED) is 0.316. The first-order valence-corrected chi connectivity index (χ1v) is 10.6. The van der Waals surface area contributed by atoms with Crippen LogP contribution in [0.4, 0.5) is 5.69 Å². The molecule has 1 atom stereocenters. The van der Waals surface area contributed by atoms with Crippen molar-refractivity contribution in [3.63, 3.8) is 0 Å². The van der Waals surface area contributed by atoms with Crippen molar-refractivity contribution in [3.8, 4) is 11.5 Å². The number of rotatable bonds is 5. The van der Waals surface area contributed by atoms with Crippen LogP contribution in [0.3, 0.4) is 0 Å². The minimum absolute atomic E-state index is 0.0184. The van der Waals surface area contributed by atoms with E-state index in [0.29, 0.717) is 33.3 Å². The number of halogens is 1. The van der Waals surface area contributed by atoms with E-state index in [2.05, 4.69) is 0 Å². The van der Waals surface area contributed by atoms with Gasteiger partial charge in [-0.15, -0.1) is 0 Å². The fraction of sp³-hybridized carbons (Fsp3) is 0.154. The summed E-state index contributed by atoms with van der Waals surface area (Å²) in [6.07, 6.45) is 0. The molecule has 1 saturated heterocycles. The van der Waals surface area contributed by atoms with Crippen molar-refractivity contribution >= 4 is 34.7 Å². The van der Waals surface area contributed by atoms with Crippen molar-refractivity contribution in [3.05, 3.63) is 94.0 Å². The van der Waals surface area contributed by atoms with Gasteiger partial charge in [-0.05, 0) is 42.3 Å². The first-order chi connectivity index (χ1) is 15.9. The molecule has 0 aliphatic carbocycles. The van der Waals surface area contributed by atoms with E-state index in [-0.39, 0.29) is 11.3 Å². The van der Waals surface area contributed by atoms with Crippen LogP contribution in [0, 0.1) is 6.92 Å². The zero-order valence-electron chi connectivity index (χ0n) is 18.3. The Kier molecular flexibility index (Phi) is 6.11. The average molecular weight is 464 g/mol. The summed E-state index contributed by atoms with van der Waals surface area (Å²) in [5.41, 5.74) is 2.27. The lowest BCUT2D eigenvalue weighted by Crippen LogP contribution is -2.29. The predicted molar refractivity (Wildman–Crippen MR) is 127 cm³/mol. The molecule has 1 unspecified atom stereocenters. The van der Waals surface area contributed by atoms with Gasteiger partial charge in [-0.3, -0.25) is 14.5 Å². The molecule has 0 aromatic heterocycles. The fourth-order valence-electron chi connectivity index (χ4n) is 3.92. The molecule has 6 nitrogen and oxygen atoms in total.